The molecule has 0 radical (unpaired) electrons. The Hall–Kier alpha value is -0.0800. The van der Waals surface area contributed by atoms with E-state index < -0.39 is 5.60 Å². The van der Waals surface area contributed by atoms with E-state index in [2.05, 4.69) is 12.2 Å². The predicted molar refractivity (Wildman–Crippen MR) is 60.5 cm³/mol. The van der Waals surface area contributed by atoms with Gasteiger partial charge in [0.25, 0.3) is 0 Å². The van der Waals surface area contributed by atoms with Gasteiger partial charge in [-0.25, -0.2) is 0 Å². The van der Waals surface area contributed by atoms with Gasteiger partial charge in [-0.3, -0.25) is 0 Å². The fourth-order valence-electron chi connectivity index (χ4n) is 4.04. The zero-order chi connectivity index (χ0) is 10.8. The lowest BCUT2D eigenvalue weighted by molar-refractivity contribution is 0.0419. The first kappa shape index (κ1) is 10.1. The standard InChI is InChI=1S/C13H23NO/c1-7(13(2,3)15)14-12-10-8-4-5-9(6-8)11(10)12/h7-12,14-15H,4-6H2,1-3H3. The maximum absolute atomic E-state index is 9.91. The molecule has 0 spiro atoms. The summed E-state index contributed by atoms with van der Waals surface area (Å²) in [6.07, 6.45) is 4.45. The lowest BCUT2D eigenvalue weighted by Crippen LogP contribution is -2.46. The Morgan fingerprint density at radius 1 is 1.20 bits per heavy atom. The van der Waals surface area contributed by atoms with Gasteiger partial charge in [0.15, 0.2) is 0 Å². The van der Waals surface area contributed by atoms with Crippen molar-refractivity contribution in [2.75, 3.05) is 0 Å². The highest BCUT2D eigenvalue weighted by Crippen LogP contribution is 2.65. The van der Waals surface area contributed by atoms with E-state index in [1.165, 1.54) is 19.3 Å². The fourth-order valence-corrected chi connectivity index (χ4v) is 4.04. The average molecular weight is 209 g/mol. The number of fused-ring (bicyclic) bond motifs is 5. The van der Waals surface area contributed by atoms with E-state index in [1.807, 2.05) is 13.8 Å². The zero-order valence-corrected chi connectivity index (χ0v) is 10.0. The number of hydrogen-bond acceptors (Lipinski definition) is 2. The van der Waals surface area contributed by atoms with Crippen molar-refractivity contribution in [3.8, 4) is 0 Å². The molecule has 15 heavy (non-hydrogen) atoms. The van der Waals surface area contributed by atoms with Crippen LogP contribution in [0.3, 0.4) is 0 Å². The third-order valence-electron chi connectivity index (χ3n) is 5.24. The summed E-state index contributed by atoms with van der Waals surface area (Å²) < 4.78 is 0. The Bertz CT molecular complexity index is 254. The summed E-state index contributed by atoms with van der Waals surface area (Å²) in [7, 11) is 0. The van der Waals surface area contributed by atoms with Gasteiger partial charge in [0.1, 0.15) is 0 Å². The van der Waals surface area contributed by atoms with E-state index >= 15 is 0 Å². The molecule has 5 atom stereocenters. The summed E-state index contributed by atoms with van der Waals surface area (Å²) in [4.78, 5) is 0. The maximum atomic E-state index is 9.91. The van der Waals surface area contributed by atoms with Crippen LogP contribution in [0.2, 0.25) is 0 Å². The van der Waals surface area contributed by atoms with Crippen LogP contribution >= 0.6 is 0 Å². The van der Waals surface area contributed by atoms with Crippen LogP contribution in [0.25, 0.3) is 0 Å². The maximum Gasteiger partial charge on any atom is 0.0741 e. The van der Waals surface area contributed by atoms with Crippen LogP contribution in [-0.2, 0) is 0 Å². The molecule has 3 aliphatic rings. The van der Waals surface area contributed by atoms with Gasteiger partial charge in [0.05, 0.1) is 5.60 Å². The molecule has 2 nitrogen and oxygen atoms in total. The van der Waals surface area contributed by atoms with E-state index in [1.54, 1.807) is 0 Å². The Labute approximate surface area is 92.4 Å². The molecule has 3 saturated carbocycles. The van der Waals surface area contributed by atoms with Gasteiger partial charge in [-0.1, -0.05) is 0 Å². The first-order valence-electron chi connectivity index (χ1n) is 6.47. The Morgan fingerprint density at radius 3 is 2.20 bits per heavy atom. The zero-order valence-electron chi connectivity index (χ0n) is 10.0. The molecule has 0 amide bonds. The predicted octanol–water partition coefficient (Wildman–Crippen LogP) is 1.78. The van der Waals surface area contributed by atoms with E-state index in [4.69, 9.17) is 0 Å². The van der Waals surface area contributed by atoms with Gasteiger partial charge in [0, 0.05) is 12.1 Å². The second-order valence-electron chi connectivity index (χ2n) is 6.56. The molecule has 0 aliphatic heterocycles. The third-order valence-corrected chi connectivity index (χ3v) is 5.24. The average Bonchev–Trinajstić information content (AvgIpc) is 2.57. The van der Waals surface area contributed by atoms with Crippen LogP contribution in [0.5, 0.6) is 0 Å². The van der Waals surface area contributed by atoms with Gasteiger partial charge < -0.3 is 10.4 Å². The molecule has 2 heteroatoms. The lowest BCUT2D eigenvalue weighted by Gasteiger charge is -2.28. The molecular weight excluding hydrogens is 186 g/mol. The fraction of sp³-hybridized carbons (Fsp3) is 1.00. The van der Waals surface area contributed by atoms with E-state index in [0.717, 1.165) is 29.7 Å². The molecule has 3 fully saturated rings. The summed E-state index contributed by atoms with van der Waals surface area (Å²) in [6.45, 7) is 5.91. The van der Waals surface area contributed by atoms with Gasteiger partial charge in [-0.05, 0) is 63.7 Å². The molecule has 0 saturated heterocycles. The van der Waals surface area contributed by atoms with Crippen LogP contribution < -0.4 is 5.32 Å². The normalized spacial score (nSPS) is 49.2. The Kier molecular flexibility index (Phi) is 2.01. The van der Waals surface area contributed by atoms with Gasteiger partial charge in [-0.2, -0.15) is 0 Å². The third kappa shape index (κ3) is 1.45. The largest absolute Gasteiger partial charge is 0.389 e. The number of hydrogen-bond donors (Lipinski definition) is 2. The highest BCUT2D eigenvalue weighted by atomic mass is 16.3. The summed E-state index contributed by atoms with van der Waals surface area (Å²) in [5.41, 5.74) is -0.587. The molecule has 0 aromatic rings. The molecule has 0 aromatic carbocycles. The molecule has 2 N–H and O–H groups in total. The van der Waals surface area contributed by atoms with Crippen molar-refractivity contribution in [3.63, 3.8) is 0 Å². The minimum atomic E-state index is -0.587. The second kappa shape index (κ2) is 2.98. The molecule has 86 valence electrons. The second-order valence-corrected chi connectivity index (χ2v) is 6.56. The van der Waals surface area contributed by atoms with Crippen LogP contribution in [0, 0.1) is 23.7 Å². The summed E-state index contributed by atoms with van der Waals surface area (Å²) in [5.74, 6) is 3.97. The number of rotatable bonds is 3. The minimum Gasteiger partial charge on any atom is -0.389 e. The smallest absolute Gasteiger partial charge is 0.0741 e. The summed E-state index contributed by atoms with van der Waals surface area (Å²) in [5, 5.41) is 13.6. The molecule has 5 unspecified atom stereocenters. The highest BCUT2D eigenvalue weighted by Gasteiger charge is 2.65. The first-order valence-corrected chi connectivity index (χ1v) is 6.47. The number of nitrogens with one attached hydrogen (secondary N) is 1. The van der Waals surface area contributed by atoms with Gasteiger partial charge in [-0.15, -0.1) is 0 Å². The highest BCUT2D eigenvalue weighted by molar-refractivity contribution is 5.17. The van der Waals surface area contributed by atoms with Crippen LogP contribution in [-0.4, -0.2) is 22.8 Å². The molecule has 2 bridgehead atoms. The molecule has 0 heterocycles. The minimum absolute atomic E-state index is 0.215. The Balaban J connectivity index is 1.60. The Morgan fingerprint density at radius 2 is 1.73 bits per heavy atom. The van der Waals surface area contributed by atoms with Crippen molar-refractivity contribution in [2.45, 2.75) is 57.7 Å². The van der Waals surface area contributed by atoms with Crippen molar-refractivity contribution in [2.24, 2.45) is 23.7 Å². The first-order chi connectivity index (χ1) is 6.98. The van der Waals surface area contributed by atoms with Gasteiger partial charge in [0.2, 0.25) is 0 Å². The van der Waals surface area contributed by atoms with Crippen molar-refractivity contribution in [1.82, 2.24) is 5.32 Å². The summed E-state index contributed by atoms with van der Waals surface area (Å²) in [6, 6.07) is 0.949. The molecule has 0 aromatic heterocycles. The van der Waals surface area contributed by atoms with Crippen molar-refractivity contribution >= 4 is 0 Å². The molecular formula is C13H23NO. The van der Waals surface area contributed by atoms with E-state index in [0.29, 0.717) is 0 Å². The van der Waals surface area contributed by atoms with Crippen molar-refractivity contribution in [1.29, 1.82) is 0 Å². The molecule has 3 aliphatic carbocycles. The summed E-state index contributed by atoms with van der Waals surface area (Å²) >= 11 is 0. The quantitative estimate of drug-likeness (QED) is 0.742. The molecule has 3 rings (SSSR count). The van der Waals surface area contributed by atoms with E-state index in [9.17, 15) is 5.11 Å². The SMILES string of the molecule is CC(NC1C2C3CCC(C3)C12)C(C)(C)O. The van der Waals surface area contributed by atoms with Gasteiger partial charge >= 0.3 is 0 Å². The monoisotopic (exact) mass is 209 g/mol. The van der Waals surface area contributed by atoms with E-state index in [-0.39, 0.29) is 6.04 Å². The topological polar surface area (TPSA) is 32.3 Å². The van der Waals surface area contributed by atoms with Crippen LogP contribution in [0.1, 0.15) is 40.0 Å². The number of aliphatic hydroxyl groups is 1. The van der Waals surface area contributed by atoms with Crippen LogP contribution in [0.15, 0.2) is 0 Å². The van der Waals surface area contributed by atoms with Crippen molar-refractivity contribution in [3.05, 3.63) is 0 Å². The lowest BCUT2D eigenvalue weighted by atomic mass is 9.99. The van der Waals surface area contributed by atoms with Crippen molar-refractivity contribution < 1.29 is 5.11 Å². The van der Waals surface area contributed by atoms with Crippen LogP contribution in [0.4, 0.5) is 0 Å².